The van der Waals surface area contributed by atoms with Crippen molar-refractivity contribution in [2.75, 3.05) is 24.7 Å². The molecule has 0 fully saturated rings. The minimum atomic E-state index is -2.50. The highest BCUT2D eigenvalue weighted by Gasteiger charge is 2.08. The number of hydrogen-bond donors (Lipinski definition) is 1. The van der Waals surface area contributed by atoms with E-state index >= 15 is 0 Å². The maximum absolute atomic E-state index is 12.0. The van der Waals surface area contributed by atoms with Gasteiger partial charge in [-0.15, -0.1) is 0 Å². The molecule has 1 heterocycles. The molecule has 7 heteroatoms. The van der Waals surface area contributed by atoms with Gasteiger partial charge in [-0.25, -0.2) is 13.8 Å². The van der Waals surface area contributed by atoms with Crippen molar-refractivity contribution in [3.63, 3.8) is 0 Å². The Morgan fingerprint density at radius 1 is 1.50 bits per heavy atom. The summed E-state index contributed by atoms with van der Waals surface area (Å²) in [4.78, 5) is 8.10. The second kappa shape index (κ2) is 6.47. The molecule has 0 radical (unpaired) electrons. The lowest BCUT2D eigenvalue weighted by atomic mass is 10.5. The molecule has 1 rings (SSSR count). The first-order chi connectivity index (χ1) is 7.65. The van der Waals surface area contributed by atoms with Crippen LogP contribution >= 0.6 is 11.8 Å². The summed E-state index contributed by atoms with van der Waals surface area (Å²) < 4.78 is 28.8. The van der Waals surface area contributed by atoms with Crippen LogP contribution in [0.15, 0.2) is 11.2 Å². The zero-order valence-electron chi connectivity index (χ0n) is 9.04. The molecule has 0 amide bonds. The second-order valence-corrected chi connectivity index (χ2v) is 3.58. The Kier molecular flexibility index (Phi) is 5.24. The number of hydrogen-bond acceptors (Lipinski definition) is 5. The van der Waals surface area contributed by atoms with Crippen LogP contribution in [0.1, 0.15) is 6.92 Å². The number of anilines is 1. The standard InChI is InChI=1S/C9H13F2N3OS/c1-3-12-7-4-8(15-5-6(10)11)14-9(13-7)16-2/h4,6H,3,5H2,1-2H3,(H,12,13,14). The monoisotopic (exact) mass is 249 g/mol. The van der Waals surface area contributed by atoms with Crippen LogP contribution in [0.5, 0.6) is 5.88 Å². The Morgan fingerprint density at radius 3 is 2.81 bits per heavy atom. The number of alkyl halides is 2. The van der Waals surface area contributed by atoms with E-state index in [0.717, 1.165) is 0 Å². The molecule has 0 aliphatic rings. The molecule has 1 aromatic rings. The van der Waals surface area contributed by atoms with E-state index in [0.29, 0.717) is 17.5 Å². The molecule has 0 spiro atoms. The van der Waals surface area contributed by atoms with Crippen molar-refractivity contribution in [3.8, 4) is 5.88 Å². The zero-order chi connectivity index (χ0) is 12.0. The first-order valence-corrected chi connectivity index (χ1v) is 5.96. The molecule has 16 heavy (non-hydrogen) atoms. The van der Waals surface area contributed by atoms with E-state index in [9.17, 15) is 8.78 Å². The minimum Gasteiger partial charge on any atom is -0.471 e. The minimum absolute atomic E-state index is 0.163. The fourth-order valence-electron chi connectivity index (χ4n) is 0.989. The summed E-state index contributed by atoms with van der Waals surface area (Å²) in [5.74, 6) is 0.738. The van der Waals surface area contributed by atoms with Crippen LogP contribution in [0.4, 0.5) is 14.6 Å². The van der Waals surface area contributed by atoms with Crippen LogP contribution in [-0.4, -0.2) is 35.8 Å². The van der Waals surface area contributed by atoms with Crippen molar-refractivity contribution in [1.82, 2.24) is 9.97 Å². The van der Waals surface area contributed by atoms with E-state index in [1.54, 1.807) is 0 Å². The lowest BCUT2D eigenvalue weighted by Crippen LogP contribution is -2.09. The van der Waals surface area contributed by atoms with Gasteiger partial charge in [0.15, 0.2) is 11.8 Å². The van der Waals surface area contributed by atoms with Crippen molar-refractivity contribution in [2.45, 2.75) is 18.5 Å². The van der Waals surface area contributed by atoms with Crippen LogP contribution in [0, 0.1) is 0 Å². The fraction of sp³-hybridized carbons (Fsp3) is 0.556. The number of halogens is 2. The van der Waals surface area contributed by atoms with Gasteiger partial charge in [-0.2, -0.15) is 4.98 Å². The van der Waals surface area contributed by atoms with Crippen molar-refractivity contribution >= 4 is 17.6 Å². The van der Waals surface area contributed by atoms with E-state index in [1.165, 1.54) is 17.8 Å². The quantitative estimate of drug-likeness (QED) is 0.619. The first-order valence-electron chi connectivity index (χ1n) is 4.73. The Bertz CT molecular complexity index is 339. The maximum atomic E-state index is 12.0. The van der Waals surface area contributed by atoms with E-state index in [-0.39, 0.29) is 5.88 Å². The molecule has 0 bridgehead atoms. The molecular weight excluding hydrogens is 236 g/mol. The van der Waals surface area contributed by atoms with Crippen LogP contribution < -0.4 is 10.1 Å². The second-order valence-electron chi connectivity index (χ2n) is 2.81. The molecular formula is C9H13F2N3OS. The summed E-state index contributed by atoms with van der Waals surface area (Å²) in [6.07, 6.45) is -0.697. The smallest absolute Gasteiger partial charge is 0.272 e. The third kappa shape index (κ3) is 4.18. The SMILES string of the molecule is CCNc1cc(OCC(F)F)nc(SC)n1. The molecule has 0 saturated heterocycles. The van der Waals surface area contributed by atoms with E-state index in [1.807, 2.05) is 13.2 Å². The summed E-state index contributed by atoms with van der Waals surface area (Å²) in [5, 5.41) is 3.47. The van der Waals surface area contributed by atoms with Gasteiger partial charge >= 0.3 is 0 Å². The highest BCUT2D eigenvalue weighted by Crippen LogP contribution is 2.19. The summed E-state index contributed by atoms with van der Waals surface area (Å²) in [6.45, 7) is 1.95. The first kappa shape index (κ1) is 13.0. The van der Waals surface area contributed by atoms with Crippen molar-refractivity contribution in [2.24, 2.45) is 0 Å². The summed E-state index contributed by atoms with van der Waals surface area (Å²) >= 11 is 1.33. The molecule has 4 nitrogen and oxygen atoms in total. The van der Waals surface area contributed by atoms with Crippen LogP contribution in [0.3, 0.4) is 0 Å². The zero-order valence-corrected chi connectivity index (χ0v) is 9.85. The van der Waals surface area contributed by atoms with E-state index < -0.39 is 13.0 Å². The molecule has 0 saturated carbocycles. The number of aromatic nitrogens is 2. The largest absolute Gasteiger partial charge is 0.471 e. The Morgan fingerprint density at radius 2 is 2.25 bits per heavy atom. The molecule has 0 atom stereocenters. The van der Waals surface area contributed by atoms with Gasteiger partial charge in [-0.05, 0) is 13.2 Å². The van der Waals surface area contributed by atoms with Crippen LogP contribution in [0.25, 0.3) is 0 Å². The average molecular weight is 249 g/mol. The average Bonchev–Trinajstić information content (AvgIpc) is 2.26. The lowest BCUT2D eigenvalue weighted by Gasteiger charge is -2.08. The summed E-state index contributed by atoms with van der Waals surface area (Å²) in [5.41, 5.74) is 0. The Labute approximate surface area is 96.8 Å². The number of ether oxygens (including phenoxy) is 1. The van der Waals surface area contributed by atoms with Gasteiger partial charge in [0.2, 0.25) is 5.88 Å². The number of rotatable bonds is 6. The van der Waals surface area contributed by atoms with Gasteiger partial charge in [0.25, 0.3) is 6.43 Å². The topological polar surface area (TPSA) is 47.0 Å². The van der Waals surface area contributed by atoms with Gasteiger partial charge in [0, 0.05) is 12.6 Å². The van der Waals surface area contributed by atoms with Gasteiger partial charge < -0.3 is 10.1 Å². The van der Waals surface area contributed by atoms with E-state index in [2.05, 4.69) is 15.3 Å². The lowest BCUT2D eigenvalue weighted by molar-refractivity contribution is 0.0792. The predicted octanol–water partition coefficient (Wildman–Crippen LogP) is 2.27. The predicted molar refractivity (Wildman–Crippen MR) is 59.5 cm³/mol. The van der Waals surface area contributed by atoms with Crippen LogP contribution in [-0.2, 0) is 0 Å². The molecule has 0 aliphatic heterocycles. The van der Waals surface area contributed by atoms with Crippen molar-refractivity contribution in [1.29, 1.82) is 0 Å². The fourth-order valence-corrected chi connectivity index (χ4v) is 1.36. The van der Waals surface area contributed by atoms with Gasteiger partial charge in [0.1, 0.15) is 5.82 Å². The number of nitrogens with one attached hydrogen (secondary N) is 1. The van der Waals surface area contributed by atoms with Gasteiger partial charge in [0.05, 0.1) is 0 Å². The Balaban J connectivity index is 2.77. The normalized spacial score (nSPS) is 10.6. The number of nitrogens with zero attached hydrogens (tertiary/aromatic N) is 2. The molecule has 1 aromatic heterocycles. The molecule has 0 aromatic carbocycles. The van der Waals surface area contributed by atoms with Gasteiger partial charge in [-0.3, -0.25) is 0 Å². The third-order valence-electron chi connectivity index (χ3n) is 1.58. The van der Waals surface area contributed by atoms with Gasteiger partial charge in [-0.1, -0.05) is 11.8 Å². The van der Waals surface area contributed by atoms with Crippen LogP contribution in [0.2, 0.25) is 0 Å². The highest BCUT2D eigenvalue weighted by molar-refractivity contribution is 7.98. The molecule has 1 N–H and O–H groups in total. The highest BCUT2D eigenvalue weighted by atomic mass is 32.2. The van der Waals surface area contributed by atoms with Crippen molar-refractivity contribution in [3.05, 3.63) is 6.07 Å². The molecule has 0 aliphatic carbocycles. The van der Waals surface area contributed by atoms with E-state index in [4.69, 9.17) is 4.74 Å². The molecule has 90 valence electrons. The third-order valence-corrected chi connectivity index (χ3v) is 2.13. The number of thioether (sulfide) groups is 1. The maximum Gasteiger partial charge on any atom is 0.272 e. The van der Waals surface area contributed by atoms with Crippen molar-refractivity contribution < 1.29 is 13.5 Å². The molecule has 0 unspecified atom stereocenters. The summed E-state index contributed by atoms with van der Waals surface area (Å²) in [7, 11) is 0. The Hall–Kier alpha value is -1.11. The summed E-state index contributed by atoms with van der Waals surface area (Å²) in [6, 6.07) is 1.51.